The molecule has 0 aliphatic heterocycles. The average molecular weight is 433 g/mol. The summed E-state index contributed by atoms with van der Waals surface area (Å²) in [6, 6.07) is 22.7. The van der Waals surface area contributed by atoms with E-state index in [0.717, 1.165) is 11.3 Å². The lowest BCUT2D eigenvalue weighted by atomic mass is 10.1. The molecule has 156 valence electrons. The van der Waals surface area contributed by atoms with Gasteiger partial charge < -0.3 is 10.1 Å². The normalized spacial score (nSPS) is 10.7. The van der Waals surface area contributed by atoms with E-state index in [1.165, 1.54) is 5.56 Å². The van der Waals surface area contributed by atoms with Crippen LogP contribution >= 0.6 is 11.6 Å². The molecule has 7 heteroatoms. The highest BCUT2D eigenvalue weighted by molar-refractivity contribution is 6.34. The van der Waals surface area contributed by atoms with Gasteiger partial charge in [-0.25, -0.2) is 4.68 Å². The third-order valence-corrected chi connectivity index (χ3v) is 4.99. The quantitative estimate of drug-likeness (QED) is 0.434. The molecule has 0 bridgehead atoms. The summed E-state index contributed by atoms with van der Waals surface area (Å²) in [5.41, 5.74) is 3.96. The SMILES string of the molecule is CCOc1nc(-c2ccc(C)cc2)n(-c2ccc(NC(=O)c3ccccc3Cl)cc2)n1. The maximum Gasteiger partial charge on any atom is 0.336 e. The number of hydrogen-bond acceptors (Lipinski definition) is 4. The van der Waals surface area contributed by atoms with Crippen LogP contribution in [0.2, 0.25) is 5.02 Å². The molecule has 0 fully saturated rings. The van der Waals surface area contributed by atoms with Gasteiger partial charge in [-0.1, -0.05) is 53.6 Å². The van der Waals surface area contributed by atoms with Crippen LogP contribution in [0.25, 0.3) is 17.1 Å². The average Bonchev–Trinajstić information content (AvgIpc) is 3.19. The number of benzene rings is 3. The fourth-order valence-corrected chi connectivity index (χ4v) is 3.30. The van der Waals surface area contributed by atoms with Gasteiger partial charge in [0.15, 0.2) is 5.82 Å². The molecule has 0 atom stereocenters. The first-order valence-corrected chi connectivity index (χ1v) is 10.3. The molecule has 1 N–H and O–H groups in total. The van der Waals surface area contributed by atoms with Gasteiger partial charge in [0.1, 0.15) is 0 Å². The second kappa shape index (κ2) is 9.02. The molecule has 4 aromatic rings. The van der Waals surface area contributed by atoms with Gasteiger partial charge in [0.2, 0.25) is 0 Å². The van der Waals surface area contributed by atoms with Crippen molar-refractivity contribution in [3.8, 4) is 23.1 Å². The smallest absolute Gasteiger partial charge is 0.336 e. The molecular formula is C24H21ClN4O2. The summed E-state index contributed by atoms with van der Waals surface area (Å²) >= 11 is 6.11. The number of ether oxygens (including phenoxy) is 1. The highest BCUT2D eigenvalue weighted by atomic mass is 35.5. The maximum atomic E-state index is 12.5. The lowest BCUT2D eigenvalue weighted by Crippen LogP contribution is -2.12. The molecule has 0 spiro atoms. The van der Waals surface area contributed by atoms with Gasteiger partial charge in [0, 0.05) is 11.3 Å². The second-order valence-corrected chi connectivity index (χ2v) is 7.32. The molecule has 3 aromatic carbocycles. The molecule has 0 aliphatic carbocycles. The highest BCUT2D eigenvalue weighted by Gasteiger charge is 2.15. The van der Waals surface area contributed by atoms with Crippen molar-refractivity contribution in [2.45, 2.75) is 13.8 Å². The Balaban J connectivity index is 1.62. The molecule has 6 nitrogen and oxygen atoms in total. The van der Waals surface area contributed by atoms with Crippen LogP contribution in [-0.4, -0.2) is 27.3 Å². The van der Waals surface area contributed by atoms with Gasteiger partial charge in [-0.3, -0.25) is 4.79 Å². The number of rotatable bonds is 6. The fraction of sp³-hybridized carbons (Fsp3) is 0.125. The Morgan fingerprint density at radius 1 is 1.03 bits per heavy atom. The van der Waals surface area contributed by atoms with Crippen LogP contribution in [0.5, 0.6) is 6.01 Å². The monoisotopic (exact) mass is 432 g/mol. The molecular weight excluding hydrogens is 412 g/mol. The van der Waals surface area contributed by atoms with Gasteiger partial charge in [0.25, 0.3) is 5.91 Å². The molecule has 0 aliphatic rings. The zero-order valence-corrected chi connectivity index (χ0v) is 17.9. The summed E-state index contributed by atoms with van der Waals surface area (Å²) in [5, 5.41) is 7.77. The van der Waals surface area contributed by atoms with E-state index in [1.54, 1.807) is 28.9 Å². The number of carbonyl (C=O) groups is 1. The Kier molecular flexibility index (Phi) is 6.00. The summed E-state index contributed by atoms with van der Waals surface area (Å²) < 4.78 is 7.25. The highest BCUT2D eigenvalue weighted by Crippen LogP contribution is 2.25. The number of carbonyl (C=O) groups excluding carboxylic acids is 1. The summed E-state index contributed by atoms with van der Waals surface area (Å²) in [4.78, 5) is 17.0. The minimum Gasteiger partial charge on any atom is -0.463 e. The van der Waals surface area contributed by atoms with Crippen LogP contribution in [0.4, 0.5) is 5.69 Å². The molecule has 0 saturated heterocycles. The van der Waals surface area contributed by atoms with E-state index in [0.29, 0.717) is 34.7 Å². The first-order valence-electron chi connectivity index (χ1n) is 9.88. The van der Waals surface area contributed by atoms with Crippen LogP contribution in [0.3, 0.4) is 0 Å². The number of aryl methyl sites for hydroxylation is 1. The Morgan fingerprint density at radius 2 is 1.74 bits per heavy atom. The van der Waals surface area contributed by atoms with E-state index in [-0.39, 0.29) is 5.91 Å². The third-order valence-electron chi connectivity index (χ3n) is 4.66. The largest absolute Gasteiger partial charge is 0.463 e. The van der Waals surface area contributed by atoms with Crippen molar-refractivity contribution in [1.29, 1.82) is 0 Å². The Labute approximate surface area is 185 Å². The van der Waals surface area contributed by atoms with Crippen LogP contribution < -0.4 is 10.1 Å². The Bertz CT molecular complexity index is 1200. The molecule has 1 aromatic heterocycles. The molecule has 1 amide bonds. The van der Waals surface area contributed by atoms with E-state index in [4.69, 9.17) is 16.3 Å². The summed E-state index contributed by atoms with van der Waals surface area (Å²) in [5.74, 6) is 0.411. The van der Waals surface area contributed by atoms with Crippen LogP contribution in [0, 0.1) is 6.92 Å². The van der Waals surface area contributed by atoms with Crippen LogP contribution in [0.15, 0.2) is 72.8 Å². The van der Waals surface area contributed by atoms with E-state index in [2.05, 4.69) is 15.4 Å². The van der Waals surface area contributed by atoms with Crippen molar-refractivity contribution in [3.63, 3.8) is 0 Å². The van der Waals surface area contributed by atoms with Crippen molar-refractivity contribution in [3.05, 3.63) is 88.9 Å². The zero-order chi connectivity index (χ0) is 21.8. The first-order chi connectivity index (χ1) is 15.0. The lowest BCUT2D eigenvalue weighted by Gasteiger charge is -2.09. The van der Waals surface area contributed by atoms with Crippen molar-refractivity contribution >= 4 is 23.2 Å². The molecule has 0 saturated carbocycles. The topological polar surface area (TPSA) is 69.0 Å². The second-order valence-electron chi connectivity index (χ2n) is 6.91. The number of nitrogens with zero attached hydrogens (tertiary/aromatic N) is 3. The number of aromatic nitrogens is 3. The molecule has 31 heavy (non-hydrogen) atoms. The predicted octanol–water partition coefficient (Wildman–Crippen LogP) is 5.55. The van der Waals surface area contributed by atoms with Gasteiger partial charge in [-0.05, 0) is 50.2 Å². The number of amides is 1. The molecule has 1 heterocycles. The fourth-order valence-electron chi connectivity index (χ4n) is 3.08. The van der Waals surface area contributed by atoms with Gasteiger partial charge in [-0.2, -0.15) is 4.98 Å². The van der Waals surface area contributed by atoms with Gasteiger partial charge in [0.05, 0.1) is 22.9 Å². The van der Waals surface area contributed by atoms with Crippen molar-refractivity contribution in [2.24, 2.45) is 0 Å². The molecule has 0 unspecified atom stereocenters. The molecule has 0 radical (unpaired) electrons. The Hall–Kier alpha value is -3.64. The molecule has 4 rings (SSSR count). The summed E-state index contributed by atoms with van der Waals surface area (Å²) in [7, 11) is 0. The maximum absolute atomic E-state index is 12.5. The third kappa shape index (κ3) is 4.59. The number of nitrogens with one attached hydrogen (secondary N) is 1. The van der Waals surface area contributed by atoms with Crippen LogP contribution in [0.1, 0.15) is 22.8 Å². The van der Waals surface area contributed by atoms with E-state index >= 15 is 0 Å². The number of hydrogen-bond donors (Lipinski definition) is 1. The lowest BCUT2D eigenvalue weighted by molar-refractivity contribution is 0.102. The summed E-state index contributed by atoms with van der Waals surface area (Å²) in [6.07, 6.45) is 0. The predicted molar refractivity (Wildman–Crippen MR) is 122 cm³/mol. The first kappa shape index (κ1) is 20.6. The van der Waals surface area contributed by atoms with Crippen molar-refractivity contribution in [1.82, 2.24) is 14.8 Å². The van der Waals surface area contributed by atoms with Crippen molar-refractivity contribution in [2.75, 3.05) is 11.9 Å². The van der Waals surface area contributed by atoms with Gasteiger partial charge >= 0.3 is 6.01 Å². The minimum absolute atomic E-state index is 0.266. The van der Waals surface area contributed by atoms with E-state index < -0.39 is 0 Å². The van der Waals surface area contributed by atoms with E-state index in [9.17, 15) is 4.79 Å². The minimum atomic E-state index is -0.266. The number of anilines is 1. The zero-order valence-electron chi connectivity index (χ0n) is 17.2. The van der Waals surface area contributed by atoms with Crippen LogP contribution in [-0.2, 0) is 0 Å². The summed E-state index contributed by atoms with van der Waals surface area (Å²) in [6.45, 7) is 4.41. The Morgan fingerprint density at radius 3 is 2.42 bits per heavy atom. The van der Waals surface area contributed by atoms with Gasteiger partial charge in [-0.15, -0.1) is 5.10 Å². The number of halogens is 1. The van der Waals surface area contributed by atoms with Crippen molar-refractivity contribution < 1.29 is 9.53 Å². The van der Waals surface area contributed by atoms with E-state index in [1.807, 2.05) is 62.4 Å². The standard InChI is InChI=1S/C24H21ClN4O2/c1-3-31-24-27-22(17-10-8-16(2)9-11-17)29(28-24)19-14-12-18(13-15-19)26-23(30)20-6-4-5-7-21(20)25/h4-15H,3H2,1-2H3,(H,26,30).